The van der Waals surface area contributed by atoms with Gasteiger partial charge in [-0.05, 0) is 117 Å². The van der Waals surface area contributed by atoms with Crippen LogP contribution in [0.5, 0.6) is 0 Å². The second-order valence-electron chi connectivity index (χ2n) is 12.6. The molecule has 0 atom stereocenters. The molecule has 242 valence electrons. The lowest BCUT2D eigenvalue weighted by molar-refractivity contribution is -0.143. The van der Waals surface area contributed by atoms with Gasteiger partial charge in [-0.15, -0.1) is 0 Å². The minimum absolute atomic E-state index is 0.0163. The fourth-order valence-electron chi connectivity index (χ4n) is 6.63. The minimum Gasteiger partial charge on any atom is -0.299 e. The zero-order valence-electron chi connectivity index (χ0n) is 25.6. The van der Waals surface area contributed by atoms with E-state index < -0.39 is 23.5 Å². The van der Waals surface area contributed by atoms with Crippen LogP contribution in [0.15, 0.2) is 60.7 Å². The highest BCUT2D eigenvalue weighted by atomic mass is 19.4. The van der Waals surface area contributed by atoms with Crippen molar-refractivity contribution < 1.29 is 31.1 Å². The van der Waals surface area contributed by atoms with Crippen molar-refractivity contribution in [1.82, 2.24) is 9.80 Å². The van der Waals surface area contributed by atoms with Crippen molar-refractivity contribution in [2.45, 2.75) is 77.3 Å². The summed E-state index contributed by atoms with van der Waals surface area (Å²) in [6, 6.07) is 16.0. The Morgan fingerprint density at radius 1 is 0.756 bits per heavy atom. The van der Waals surface area contributed by atoms with E-state index in [-0.39, 0.29) is 24.0 Å². The molecular formula is C36H40F6N2O. The summed E-state index contributed by atoms with van der Waals surface area (Å²) in [4.78, 5) is 17.5. The third-order valence-corrected chi connectivity index (χ3v) is 9.36. The molecule has 0 amide bonds. The number of halogens is 6. The van der Waals surface area contributed by atoms with Gasteiger partial charge in [0.25, 0.3) is 0 Å². The number of likely N-dealkylation sites (tertiary alicyclic amines) is 1. The first-order valence-corrected chi connectivity index (χ1v) is 15.8. The summed E-state index contributed by atoms with van der Waals surface area (Å²) >= 11 is 0. The number of hydrogen-bond donors (Lipinski definition) is 0. The zero-order chi connectivity index (χ0) is 32.2. The number of carbonyl (C=O) groups excluding carboxylic acids is 1. The first-order valence-electron chi connectivity index (χ1n) is 15.8. The number of aryl methyl sites for hydroxylation is 1. The Labute approximate surface area is 261 Å². The number of benzene rings is 3. The SMILES string of the molecule is Cc1ccccc1CN1CCC(CCCC(=O)c2ccc3c(c2)CCN(Cc2cc(C(F)(F)F)cc(C(F)(F)F)c2)CC3)CC1. The Kier molecular flexibility index (Phi) is 10.4. The van der Waals surface area contributed by atoms with Gasteiger partial charge in [0.05, 0.1) is 11.1 Å². The Morgan fingerprint density at radius 2 is 1.38 bits per heavy atom. The molecule has 2 aliphatic heterocycles. The number of Topliss-reactive ketones (excluding diaryl/α,β-unsaturated/α-hetero) is 1. The first-order chi connectivity index (χ1) is 21.3. The van der Waals surface area contributed by atoms with E-state index in [2.05, 4.69) is 36.1 Å². The quantitative estimate of drug-likeness (QED) is 0.174. The van der Waals surface area contributed by atoms with Crippen molar-refractivity contribution in [3.8, 4) is 0 Å². The number of fused-ring (bicyclic) bond motifs is 1. The summed E-state index contributed by atoms with van der Waals surface area (Å²) in [5, 5.41) is 0. The molecule has 0 aliphatic carbocycles. The molecule has 3 aromatic rings. The zero-order valence-corrected chi connectivity index (χ0v) is 25.6. The Morgan fingerprint density at radius 3 is 2.02 bits per heavy atom. The van der Waals surface area contributed by atoms with Crippen LogP contribution < -0.4 is 0 Å². The van der Waals surface area contributed by atoms with Gasteiger partial charge in [0, 0.05) is 38.2 Å². The molecule has 3 aromatic carbocycles. The molecule has 0 aromatic heterocycles. The van der Waals surface area contributed by atoms with Crippen molar-refractivity contribution in [3.05, 3.63) is 105 Å². The van der Waals surface area contributed by atoms with E-state index in [9.17, 15) is 31.1 Å². The van der Waals surface area contributed by atoms with Gasteiger partial charge < -0.3 is 0 Å². The third kappa shape index (κ3) is 8.97. The van der Waals surface area contributed by atoms with E-state index in [0.29, 0.717) is 43.8 Å². The van der Waals surface area contributed by atoms with Crippen LogP contribution in [0.3, 0.4) is 0 Å². The van der Waals surface area contributed by atoms with Crippen molar-refractivity contribution >= 4 is 5.78 Å². The molecule has 1 saturated heterocycles. The Hall–Kier alpha value is -3.17. The van der Waals surface area contributed by atoms with Crippen LogP contribution in [0.2, 0.25) is 0 Å². The molecule has 9 heteroatoms. The van der Waals surface area contributed by atoms with Gasteiger partial charge in [-0.25, -0.2) is 0 Å². The van der Waals surface area contributed by atoms with E-state index in [1.54, 1.807) is 0 Å². The molecular weight excluding hydrogens is 590 g/mol. The maximum Gasteiger partial charge on any atom is 0.416 e. The predicted molar refractivity (Wildman–Crippen MR) is 163 cm³/mol. The van der Waals surface area contributed by atoms with E-state index >= 15 is 0 Å². The topological polar surface area (TPSA) is 23.6 Å². The van der Waals surface area contributed by atoms with Crippen LogP contribution in [0, 0.1) is 12.8 Å². The number of nitrogens with zero attached hydrogens (tertiary/aromatic N) is 2. The summed E-state index contributed by atoms with van der Waals surface area (Å²) in [6.07, 6.45) is -3.88. The van der Waals surface area contributed by atoms with Crippen LogP contribution in [0.4, 0.5) is 26.3 Å². The fraction of sp³-hybridized carbons (Fsp3) is 0.472. The molecule has 0 N–H and O–H groups in total. The minimum atomic E-state index is -4.87. The summed E-state index contributed by atoms with van der Waals surface area (Å²) in [5.41, 5.74) is 2.85. The number of hydrogen-bond acceptors (Lipinski definition) is 3. The predicted octanol–water partition coefficient (Wildman–Crippen LogP) is 8.90. The third-order valence-electron chi connectivity index (χ3n) is 9.36. The van der Waals surface area contributed by atoms with Gasteiger partial charge >= 0.3 is 12.4 Å². The van der Waals surface area contributed by atoms with E-state index in [4.69, 9.17) is 0 Å². The fourth-order valence-corrected chi connectivity index (χ4v) is 6.63. The van der Waals surface area contributed by atoms with Crippen molar-refractivity contribution in [1.29, 1.82) is 0 Å². The first kappa shape index (κ1) is 33.2. The molecule has 5 rings (SSSR count). The standard InChI is InChI=1S/C36H40F6N2O/c1-25-5-2-3-7-31(25)24-44-15-11-26(12-16-44)6-4-8-34(45)30-10-9-28-13-17-43(18-14-29(28)21-30)23-27-19-32(35(37,38)39)22-33(20-27)36(40,41)42/h2-3,5,7,9-10,19-22,26H,4,6,8,11-18,23-24H2,1H3. The summed E-state index contributed by atoms with van der Waals surface area (Å²) < 4.78 is 79.9. The molecule has 3 nitrogen and oxygen atoms in total. The van der Waals surface area contributed by atoms with Gasteiger partial charge in [0.2, 0.25) is 0 Å². The van der Waals surface area contributed by atoms with Crippen molar-refractivity contribution in [3.63, 3.8) is 0 Å². The van der Waals surface area contributed by atoms with Crippen LogP contribution in [0.25, 0.3) is 0 Å². The molecule has 2 aliphatic rings. The number of alkyl halides is 6. The van der Waals surface area contributed by atoms with E-state index in [1.807, 2.05) is 23.1 Å². The number of piperidine rings is 1. The highest BCUT2D eigenvalue weighted by Crippen LogP contribution is 2.37. The molecule has 2 heterocycles. The lowest BCUT2D eigenvalue weighted by Gasteiger charge is -2.32. The van der Waals surface area contributed by atoms with Gasteiger partial charge in [-0.3, -0.25) is 14.6 Å². The molecule has 0 radical (unpaired) electrons. The molecule has 0 unspecified atom stereocenters. The smallest absolute Gasteiger partial charge is 0.299 e. The van der Waals surface area contributed by atoms with Gasteiger partial charge in [-0.1, -0.05) is 36.4 Å². The molecule has 0 spiro atoms. The lowest BCUT2D eigenvalue weighted by atomic mass is 9.90. The molecule has 0 bridgehead atoms. The van der Waals surface area contributed by atoms with Crippen LogP contribution in [0.1, 0.15) is 81.4 Å². The summed E-state index contributed by atoms with van der Waals surface area (Å²) in [5.74, 6) is 0.743. The molecule has 45 heavy (non-hydrogen) atoms. The number of rotatable bonds is 9. The van der Waals surface area contributed by atoms with E-state index in [1.165, 1.54) is 11.1 Å². The molecule has 1 fully saturated rings. The highest BCUT2D eigenvalue weighted by molar-refractivity contribution is 5.96. The van der Waals surface area contributed by atoms with Gasteiger partial charge in [0.15, 0.2) is 5.78 Å². The lowest BCUT2D eigenvalue weighted by Crippen LogP contribution is -2.33. The number of carbonyl (C=O) groups is 1. The van der Waals surface area contributed by atoms with Crippen LogP contribution in [-0.2, 0) is 38.3 Å². The summed E-state index contributed by atoms with van der Waals surface area (Å²) in [6.45, 7) is 6.25. The van der Waals surface area contributed by atoms with Crippen LogP contribution >= 0.6 is 0 Å². The summed E-state index contributed by atoms with van der Waals surface area (Å²) in [7, 11) is 0. The van der Waals surface area contributed by atoms with Crippen LogP contribution in [-0.4, -0.2) is 41.8 Å². The average Bonchev–Trinajstić information content (AvgIpc) is 3.20. The highest BCUT2D eigenvalue weighted by Gasteiger charge is 2.37. The average molecular weight is 631 g/mol. The Bertz CT molecular complexity index is 1440. The maximum absolute atomic E-state index is 13.3. The monoisotopic (exact) mass is 630 g/mol. The van der Waals surface area contributed by atoms with Gasteiger partial charge in [0.1, 0.15) is 0 Å². The Balaban J connectivity index is 1.11. The normalized spacial score (nSPS) is 17.2. The maximum atomic E-state index is 13.3. The largest absolute Gasteiger partial charge is 0.416 e. The second kappa shape index (κ2) is 14.1. The van der Waals surface area contributed by atoms with E-state index in [0.717, 1.165) is 68.6 Å². The van der Waals surface area contributed by atoms with Crippen molar-refractivity contribution in [2.75, 3.05) is 26.2 Å². The second-order valence-corrected chi connectivity index (χ2v) is 12.6. The van der Waals surface area contributed by atoms with Crippen molar-refractivity contribution in [2.24, 2.45) is 5.92 Å². The number of ketones is 1. The van der Waals surface area contributed by atoms with Gasteiger partial charge in [-0.2, -0.15) is 26.3 Å². The molecule has 0 saturated carbocycles.